The number of hydrogen-bond donors (Lipinski definition) is 2. The van der Waals surface area contributed by atoms with Crippen LogP contribution in [0.25, 0.3) is 0 Å². The van der Waals surface area contributed by atoms with Crippen molar-refractivity contribution in [3.05, 3.63) is 29.8 Å². The van der Waals surface area contributed by atoms with E-state index in [0.29, 0.717) is 12.1 Å². The van der Waals surface area contributed by atoms with Crippen molar-refractivity contribution < 1.29 is 9.84 Å². The van der Waals surface area contributed by atoms with E-state index < -0.39 is 0 Å². The van der Waals surface area contributed by atoms with Crippen molar-refractivity contribution in [1.82, 2.24) is 5.32 Å². The first-order chi connectivity index (χ1) is 11.7. The molecule has 2 heterocycles. The standard InChI is InChI=1S/C20H32N2O2/c1-16(21-12-9-20-4-2-3-15-24-20)17-5-7-18(8-6-17)22-13-10-19(23)11-14-22/h5-8,16,19-21,23H,2-4,9-15H2,1H3. The van der Waals surface area contributed by atoms with Crippen LogP contribution in [0.3, 0.4) is 0 Å². The maximum atomic E-state index is 9.62. The number of nitrogens with zero attached hydrogens (tertiary/aromatic N) is 1. The summed E-state index contributed by atoms with van der Waals surface area (Å²) in [7, 11) is 0. The van der Waals surface area contributed by atoms with Crippen LogP contribution in [0.4, 0.5) is 5.69 Å². The van der Waals surface area contributed by atoms with Crippen LogP contribution in [0.15, 0.2) is 24.3 Å². The molecule has 4 heteroatoms. The van der Waals surface area contributed by atoms with Crippen molar-refractivity contribution in [2.24, 2.45) is 0 Å². The Kier molecular flexibility index (Phi) is 6.52. The molecule has 2 N–H and O–H groups in total. The van der Waals surface area contributed by atoms with Gasteiger partial charge in [-0.1, -0.05) is 12.1 Å². The van der Waals surface area contributed by atoms with Crippen LogP contribution in [0.2, 0.25) is 0 Å². The first-order valence-electron chi connectivity index (χ1n) is 9.60. The molecule has 0 spiro atoms. The van der Waals surface area contributed by atoms with Gasteiger partial charge in [-0.3, -0.25) is 0 Å². The largest absolute Gasteiger partial charge is 0.393 e. The fourth-order valence-corrected chi connectivity index (χ4v) is 3.71. The summed E-state index contributed by atoms with van der Waals surface area (Å²) in [5, 5.41) is 13.2. The molecule has 2 unspecified atom stereocenters. The maximum Gasteiger partial charge on any atom is 0.0587 e. The third-order valence-corrected chi connectivity index (χ3v) is 5.41. The van der Waals surface area contributed by atoms with E-state index in [2.05, 4.69) is 41.4 Å². The molecule has 3 rings (SSSR count). The smallest absolute Gasteiger partial charge is 0.0587 e. The van der Waals surface area contributed by atoms with Crippen molar-refractivity contribution in [3.63, 3.8) is 0 Å². The molecule has 0 saturated carbocycles. The third kappa shape index (κ3) is 4.95. The highest BCUT2D eigenvalue weighted by molar-refractivity contribution is 5.48. The van der Waals surface area contributed by atoms with Crippen molar-refractivity contribution in [3.8, 4) is 0 Å². The summed E-state index contributed by atoms with van der Waals surface area (Å²) in [6, 6.07) is 9.26. The summed E-state index contributed by atoms with van der Waals surface area (Å²) >= 11 is 0. The molecule has 0 aromatic heterocycles. The molecule has 2 fully saturated rings. The van der Waals surface area contributed by atoms with Crippen molar-refractivity contribution in [1.29, 1.82) is 0 Å². The molecule has 0 amide bonds. The van der Waals surface area contributed by atoms with E-state index in [9.17, 15) is 5.11 Å². The van der Waals surface area contributed by atoms with Gasteiger partial charge in [-0.15, -0.1) is 0 Å². The van der Waals surface area contributed by atoms with Gasteiger partial charge in [-0.25, -0.2) is 0 Å². The normalized spacial score (nSPS) is 24.1. The monoisotopic (exact) mass is 332 g/mol. The molecule has 2 atom stereocenters. The van der Waals surface area contributed by atoms with Gasteiger partial charge in [-0.2, -0.15) is 0 Å². The highest BCUT2D eigenvalue weighted by Crippen LogP contribution is 2.23. The van der Waals surface area contributed by atoms with Crippen molar-refractivity contribution in [2.75, 3.05) is 31.1 Å². The molecule has 0 radical (unpaired) electrons. The molecule has 2 aliphatic heterocycles. The molecule has 4 nitrogen and oxygen atoms in total. The molecule has 2 saturated heterocycles. The Bertz CT molecular complexity index is 477. The number of piperidine rings is 1. The number of benzene rings is 1. The van der Waals surface area contributed by atoms with Gasteiger partial charge in [-0.05, 0) is 69.7 Å². The maximum absolute atomic E-state index is 9.62. The topological polar surface area (TPSA) is 44.7 Å². The van der Waals surface area contributed by atoms with Crippen LogP contribution in [0.5, 0.6) is 0 Å². The van der Waals surface area contributed by atoms with Gasteiger partial charge in [0.25, 0.3) is 0 Å². The lowest BCUT2D eigenvalue weighted by Gasteiger charge is -2.31. The number of ether oxygens (including phenoxy) is 1. The third-order valence-electron chi connectivity index (χ3n) is 5.41. The predicted molar refractivity (Wildman–Crippen MR) is 98.5 cm³/mol. The Morgan fingerprint density at radius 2 is 1.92 bits per heavy atom. The summed E-state index contributed by atoms with van der Waals surface area (Å²) in [5.74, 6) is 0. The molecule has 1 aromatic carbocycles. The highest BCUT2D eigenvalue weighted by atomic mass is 16.5. The zero-order valence-electron chi connectivity index (χ0n) is 14.9. The summed E-state index contributed by atoms with van der Waals surface area (Å²) in [6.45, 7) is 6.09. The summed E-state index contributed by atoms with van der Waals surface area (Å²) in [6.07, 6.45) is 6.96. The Morgan fingerprint density at radius 3 is 2.58 bits per heavy atom. The van der Waals surface area contributed by atoms with Crippen LogP contribution in [0, 0.1) is 0 Å². The molecule has 2 aliphatic rings. The average Bonchev–Trinajstić information content (AvgIpc) is 2.63. The summed E-state index contributed by atoms with van der Waals surface area (Å²) < 4.78 is 5.79. The van der Waals surface area contributed by atoms with E-state index in [1.54, 1.807) is 0 Å². The minimum Gasteiger partial charge on any atom is -0.393 e. The number of aliphatic hydroxyl groups is 1. The predicted octanol–water partition coefficient (Wildman–Crippen LogP) is 3.26. The second-order valence-corrected chi connectivity index (χ2v) is 7.26. The number of anilines is 1. The summed E-state index contributed by atoms with van der Waals surface area (Å²) in [5.41, 5.74) is 2.61. The van der Waals surface area contributed by atoms with Crippen molar-refractivity contribution in [2.45, 2.75) is 63.7 Å². The number of aliphatic hydroxyl groups excluding tert-OH is 1. The number of nitrogens with one attached hydrogen (secondary N) is 1. The van der Waals surface area contributed by atoms with Crippen LogP contribution in [-0.2, 0) is 4.74 Å². The molecular formula is C20H32N2O2. The fraction of sp³-hybridized carbons (Fsp3) is 0.700. The van der Waals surface area contributed by atoms with Crippen LogP contribution in [-0.4, -0.2) is 43.6 Å². The van der Waals surface area contributed by atoms with Gasteiger partial charge in [0.1, 0.15) is 0 Å². The van der Waals surface area contributed by atoms with Crippen LogP contribution < -0.4 is 10.2 Å². The second-order valence-electron chi connectivity index (χ2n) is 7.26. The average molecular weight is 332 g/mol. The Balaban J connectivity index is 1.44. The van der Waals surface area contributed by atoms with Gasteiger partial charge in [0, 0.05) is 31.4 Å². The number of hydrogen-bond acceptors (Lipinski definition) is 4. The van der Waals surface area contributed by atoms with E-state index in [-0.39, 0.29) is 6.10 Å². The van der Waals surface area contributed by atoms with Gasteiger partial charge >= 0.3 is 0 Å². The van der Waals surface area contributed by atoms with Gasteiger partial charge in [0.15, 0.2) is 0 Å². The lowest BCUT2D eigenvalue weighted by Crippen LogP contribution is -2.35. The van der Waals surface area contributed by atoms with E-state index in [4.69, 9.17) is 4.74 Å². The van der Waals surface area contributed by atoms with Crippen molar-refractivity contribution >= 4 is 5.69 Å². The fourth-order valence-electron chi connectivity index (χ4n) is 3.71. The van der Waals surface area contributed by atoms with Gasteiger partial charge in [0.2, 0.25) is 0 Å². The lowest BCUT2D eigenvalue weighted by atomic mass is 10.0. The molecule has 0 aliphatic carbocycles. The van der Waals surface area contributed by atoms with Gasteiger partial charge in [0.05, 0.1) is 12.2 Å². The van der Waals surface area contributed by atoms with Crippen LogP contribution >= 0.6 is 0 Å². The lowest BCUT2D eigenvalue weighted by molar-refractivity contribution is 0.0112. The Morgan fingerprint density at radius 1 is 1.17 bits per heavy atom. The SMILES string of the molecule is CC(NCCC1CCCCO1)c1ccc(N2CCC(O)CC2)cc1. The molecule has 1 aromatic rings. The van der Waals surface area contributed by atoms with Gasteiger partial charge < -0.3 is 20.1 Å². The van der Waals surface area contributed by atoms with E-state index in [0.717, 1.165) is 45.5 Å². The summed E-state index contributed by atoms with van der Waals surface area (Å²) in [4.78, 5) is 2.37. The minimum absolute atomic E-state index is 0.113. The van der Waals surface area contributed by atoms with E-state index >= 15 is 0 Å². The molecule has 0 bridgehead atoms. The van der Waals surface area contributed by atoms with Crippen LogP contribution in [0.1, 0.15) is 57.1 Å². The Hall–Kier alpha value is -1.10. The zero-order valence-corrected chi connectivity index (χ0v) is 14.9. The van der Waals surface area contributed by atoms with E-state index in [1.165, 1.54) is 30.5 Å². The minimum atomic E-state index is -0.113. The quantitative estimate of drug-likeness (QED) is 0.839. The zero-order chi connectivity index (χ0) is 16.8. The second kappa shape index (κ2) is 8.84. The molecular weight excluding hydrogens is 300 g/mol. The Labute approximate surface area is 146 Å². The first kappa shape index (κ1) is 17.7. The van der Waals surface area contributed by atoms with E-state index in [1.807, 2.05) is 0 Å². The first-order valence-corrected chi connectivity index (χ1v) is 9.60. The highest BCUT2D eigenvalue weighted by Gasteiger charge is 2.17. The number of rotatable bonds is 6. The molecule has 24 heavy (non-hydrogen) atoms. The molecule has 134 valence electrons.